The van der Waals surface area contributed by atoms with Gasteiger partial charge in [-0.2, -0.15) is 0 Å². The predicted octanol–water partition coefficient (Wildman–Crippen LogP) is 4.45. The van der Waals surface area contributed by atoms with Gasteiger partial charge in [-0.1, -0.05) is 60.1 Å². The highest BCUT2D eigenvalue weighted by atomic mass is 35.5. The molecule has 0 N–H and O–H groups in total. The molecule has 2 aromatic carbocycles. The first-order chi connectivity index (χ1) is 11.1. The number of rotatable bonds is 4. The first-order valence-electron chi connectivity index (χ1n) is 7.61. The van der Waals surface area contributed by atoms with E-state index in [0.717, 1.165) is 23.4 Å². The Bertz CT molecular complexity index is 868. The minimum absolute atomic E-state index is 0.0618. The third-order valence-electron chi connectivity index (χ3n) is 4.09. The standard InChI is InChI=1S/C20H18ClNO/c1-15-18(13-17-9-5-6-10-19(17)21)20(23)11-12-22(15)14-16-7-3-2-4-8-16/h2-12H,13-14H2,1H3. The predicted molar refractivity (Wildman–Crippen MR) is 95.2 cm³/mol. The molecule has 0 fully saturated rings. The van der Waals surface area contributed by atoms with Crippen LogP contribution in [0.3, 0.4) is 0 Å². The van der Waals surface area contributed by atoms with Crippen molar-refractivity contribution in [1.29, 1.82) is 0 Å². The Morgan fingerprint density at radius 3 is 2.39 bits per heavy atom. The summed E-state index contributed by atoms with van der Waals surface area (Å²) in [6.07, 6.45) is 2.42. The quantitative estimate of drug-likeness (QED) is 0.695. The fourth-order valence-corrected chi connectivity index (χ4v) is 2.92. The second-order valence-electron chi connectivity index (χ2n) is 5.63. The number of hydrogen-bond acceptors (Lipinski definition) is 1. The maximum atomic E-state index is 12.3. The Morgan fingerprint density at radius 2 is 1.65 bits per heavy atom. The Hall–Kier alpha value is -2.32. The van der Waals surface area contributed by atoms with Crippen molar-refractivity contribution in [2.75, 3.05) is 0 Å². The van der Waals surface area contributed by atoms with Gasteiger partial charge in [0.15, 0.2) is 5.43 Å². The molecule has 1 aromatic heterocycles. The Labute approximate surface area is 141 Å². The number of pyridine rings is 1. The number of aromatic nitrogens is 1. The van der Waals surface area contributed by atoms with Crippen LogP contribution in [-0.2, 0) is 13.0 Å². The van der Waals surface area contributed by atoms with Crippen LogP contribution in [-0.4, -0.2) is 4.57 Å². The molecule has 3 rings (SSSR count). The fraction of sp³-hybridized carbons (Fsp3) is 0.150. The van der Waals surface area contributed by atoms with E-state index in [1.54, 1.807) is 6.07 Å². The molecule has 0 unspecified atom stereocenters. The van der Waals surface area contributed by atoms with E-state index in [0.29, 0.717) is 11.4 Å². The van der Waals surface area contributed by atoms with E-state index in [9.17, 15) is 4.79 Å². The van der Waals surface area contributed by atoms with Crippen LogP contribution in [0.25, 0.3) is 0 Å². The molecule has 0 spiro atoms. The summed E-state index contributed by atoms with van der Waals surface area (Å²) in [4.78, 5) is 12.3. The van der Waals surface area contributed by atoms with Gasteiger partial charge in [-0.3, -0.25) is 4.79 Å². The fourth-order valence-electron chi connectivity index (χ4n) is 2.72. The molecule has 0 bridgehead atoms. The van der Waals surface area contributed by atoms with Gasteiger partial charge in [-0.15, -0.1) is 0 Å². The van der Waals surface area contributed by atoms with Gasteiger partial charge in [0.1, 0.15) is 0 Å². The van der Waals surface area contributed by atoms with Crippen molar-refractivity contribution < 1.29 is 0 Å². The maximum absolute atomic E-state index is 12.3. The first kappa shape index (κ1) is 15.6. The summed E-state index contributed by atoms with van der Waals surface area (Å²) < 4.78 is 2.11. The molecule has 0 saturated heterocycles. The average Bonchev–Trinajstić information content (AvgIpc) is 2.57. The first-order valence-corrected chi connectivity index (χ1v) is 7.99. The van der Waals surface area contributed by atoms with Crippen LogP contribution in [0.1, 0.15) is 22.4 Å². The van der Waals surface area contributed by atoms with Crippen molar-refractivity contribution in [3.63, 3.8) is 0 Å². The zero-order chi connectivity index (χ0) is 16.2. The number of halogens is 1. The Kier molecular flexibility index (Phi) is 4.63. The number of hydrogen-bond donors (Lipinski definition) is 0. The van der Waals surface area contributed by atoms with Crippen LogP contribution in [0.2, 0.25) is 5.02 Å². The molecule has 3 heteroatoms. The second-order valence-corrected chi connectivity index (χ2v) is 6.03. The summed E-state index contributed by atoms with van der Waals surface area (Å²) >= 11 is 6.24. The van der Waals surface area contributed by atoms with Crippen LogP contribution >= 0.6 is 11.6 Å². The molecule has 1 heterocycles. The van der Waals surface area contributed by atoms with Gasteiger partial charge < -0.3 is 4.57 Å². The molecule has 2 nitrogen and oxygen atoms in total. The minimum Gasteiger partial charge on any atom is -0.347 e. The lowest BCUT2D eigenvalue weighted by Gasteiger charge is -2.15. The zero-order valence-electron chi connectivity index (χ0n) is 13.0. The van der Waals surface area contributed by atoms with Crippen molar-refractivity contribution in [3.05, 3.63) is 104 Å². The average molecular weight is 324 g/mol. The van der Waals surface area contributed by atoms with Crippen LogP contribution in [0.15, 0.2) is 71.7 Å². The summed E-state index contributed by atoms with van der Waals surface area (Å²) in [5.41, 5.74) is 4.04. The maximum Gasteiger partial charge on any atom is 0.185 e. The second kappa shape index (κ2) is 6.84. The van der Waals surface area contributed by atoms with E-state index >= 15 is 0 Å². The third kappa shape index (κ3) is 3.54. The van der Waals surface area contributed by atoms with Crippen LogP contribution in [0.5, 0.6) is 0 Å². The Balaban J connectivity index is 1.96. The van der Waals surface area contributed by atoms with Gasteiger partial charge >= 0.3 is 0 Å². The zero-order valence-corrected chi connectivity index (χ0v) is 13.8. The van der Waals surface area contributed by atoms with Gasteiger partial charge in [0.05, 0.1) is 0 Å². The summed E-state index contributed by atoms with van der Waals surface area (Å²) in [6.45, 7) is 2.75. The monoisotopic (exact) mass is 323 g/mol. The van der Waals surface area contributed by atoms with Crippen molar-refractivity contribution in [1.82, 2.24) is 4.57 Å². The molecular formula is C20H18ClNO. The van der Waals surface area contributed by atoms with Gasteiger partial charge in [-0.25, -0.2) is 0 Å². The topological polar surface area (TPSA) is 22.0 Å². The molecule has 3 aromatic rings. The van der Waals surface area contributed by atoms with Crippen molar-refractivity contribution in [2.45, 2.75) is 19.9 Å². The molecule has 0 aliphatic carbocycles. The van der Waals surface area contributed by atoms with Crippen molar-refractivity contribution in [3.8, 4) is 0 Å². The molecule has 0 aliphatic rings. The van der Waals surface area contributed by atoms with Crippen LogP contribution < -0.4 is 5.43 Å². The molecule has 0 aliphatic heterocycles. The Morgan fingerprint density at radius 1 is 0.957 bits per heavy atom. The van der Waals surface area contributed by atoms with Gasteiger partial charge in [-0.05, 0) is 24.1 Å². The molecular weight excluding hydrogens is 306 g/mol. The minimum atomic E-state index is 0.0618. The summed E-state index contributed by atoms with van der Waals surface area (Å²) in [7, 11) is 0. The third-order valence-corrected chi connectivity index (χ3v) is 4.46. The largest absolute Gasteiger partial charge is 0.347 e. The number of benzene rings is 2. The van der Waals surface area contributed by atoms with E-state index in [-0.39, 0.29) is 5.43 Å². The lowest BCUT2D eigenvalue weighted by atomic mass is 10.0. The van der Waals surface area contributed by atoms with Gasteiger partial charge in [0, 0.05) is 41.5 Å². The summed E-state index contributed by atoms with van der Waals surface area (Å²) in [5.74, 6) is 0. The smallest absolute Gasteiger partial charge is 0.185 e. The van der Waals surface area contributed by atoms with Crippen LogP contribution in [0.4, 0.5) is 0 Å². The number of nitrogens with zero attached hydrogens (tertiary/aromatic N) is 1. The van der Waals surface area contributed by atoms with E-state index < -0.39 is 0 Å². The highest BCUT2D eigenvalue weighted by molar-refractivity contribution is 6.31. The highest BCUT2D eigenvalue weighted by Gasteiger charge is 2.10. The van der Waals surface area contributed by atoms with Crippen LogP contribution in [0, 0.1) is 6.92 Å². The summed E-state index contributed by atoms with van der Waals surface area (Å²) in [5, 5.41) is 0.699. The van der Waals surface area contributed by atoms with E-state index in [2.05, 4.69) is 16.7 Å². The molecule has 116 valence electrons. The highest BCUT2D eigenvalue weighted by Crippen LogP contribution is 2.19. The van der Waals surface area contributed by atoms with Crippen molar-refractivity contribution >= 4 is 11.6 Å². The lowest BCUT2D eigenvalue weighted by Crippen LogP contribution is -2.17. The normalized spacial score (nSPS) is 10.7. The molecule has 23 heavy (non-hydrogen) atoms. The summed E-state index contributed by atoms with van der Waals surface area (Å²) in [6, 6.07) is 19.5. The lowest BCUT2D eigenvalue weighted by molar-refractivity contribution is 0.744. The van der Waals surface area contributed by atoms with E-state index in [4.69, 9.17) is 11.6 Å². The van der Waals surface area contributed by atoms with Crippen molar-refractivity contribution in [2.24, 2.45) is 0 Å². The molecule has 0 atom stereocenters. The van der Waals surface area contributed by atoms with Gasteiger partial charge in [0.25, 0.3) is 0 Å². The SMILES string of the molecule is Cc1c(Cc2ccccc2Cl)c(=O)ccn1Cc1ccccc1. The molecule has 0 saturated carbocycles. The van der Waals surface area contributed by atoms with Gasteiger partial charge in [0.2, 0.25) is 0 Å². The molecule has 0 amide bonds. The molecule has 0 radical (unpaired) electrons. The van der Waals surface area contributed by atoms with E-state index in [1.165, 1.54) is 5.56 Å². The van der Waals surface area contributed by atoms with E-state index in [1.807, 2.05) is 55.6 Å².